The van der Waals surface area contributed by atoms with Crippen molar-refractivity contribution in [1.29, 1.82) is 5.26 Å². The van der Waals surface area contributed by atoms with Gasteiger partial charge in [0.2, 0.25) is 5.69 Å². The molecule has 22 rings (SSSR count). The van der Waals surface area contributed by atoms with Crippen molar-refractivity contribution >= 4 is 84.9 Å². The van der Waals surface area contributed by atoms with Crippen LogP contribution in [-0.4, -0.2) is 15.8 Å². The summed E-state index contributed by atoms with van der Waals surface area (Å²) in [7, 11) is 0. The van der Waals surface area contributed by atoms with Crippen LogP contribution in [0, 0.1) is 17.9 Å². The molecule has 7 nitrogen and oxygen atoms in total. The predicted octanol–water partition coefficient (Wildman–Crippen LogP) is 28.0. The molecule has 0 amide bonds. The van der Waals surface area contributed by atoms with E-state index >= 15 is 0 Å². The highest BCUT2D eigenvalue weighted by atomic mass is 16.3. The lowest BCUT2D eigenvalue weighted by molar-refractivity contribution is 0.669. The van der Waals surface area contributed by atoms with Gasteiger partial charge >= 0.3 is 0 Å². The molecule has 20 aromatic rings. The summed E-state index contributed by atoms with van der Waals surface area (Å²) in [6.07, 6.45) is 0. The molecule has 8 heteroatoms. The van der Waals surface area contributed by atoms with Crippen LogP contribution >= 0.6 is 0 Å². The van der Waals surface area contributed by atoms with E-state index in [0.717, 1.165) is 207 Å². The monoisotopic (exact) mass is 1530 g/mol. The molecule has 558 valence electrons. The number of anilines is 6. The largest absolute Gasteiger partial charge is 0.456 e. The molecular weight excluding hydrogens is 1460 g/mol. The first-order valence-corrected chi connectivity index (χ1v) is 40.7. The van der Waals surface area contributed by atoms with Crippen molar-refractivity contribution in [3.63, 3.8) is 0 Å². The lowest BCUT2D eigenvalue weighted by Crippen LogP contribution is -2.61. The molecule has 17 aromatic carbocycles. The van der Waals surface area contributed by atoms with Gasteiger partial charge in [0.15, 0.2) is 0 Å². The molecule has 0 atom stereocenters. The number of fused-ring (bicyclic) bond motifs is 7. The van der Waals surface area contributed by atoms with Crippen molar-refractivity contribution in [2.24, 2.45) is 0 Å². The standard InChI is InChI=1S/C112H71BN6O/c1-115-106-104(79-46-22-7-23-47-79)109(82-52-28-10-29-53-82)117(110(106)83-54-30-11-31-55-83)87-64-66-96-98(72-87)119(112-90(76-40-16-4-17-41-76)59-35-60-91(112)77-42-18-5-19-43-77)100-70-85(84-62-67-102-93(68-84)92-56-32-33-61-101(92)120-102)69-99-105(100)113(96)95-65-63-86(71-97(95)118(99)111-88(74-36-12-2-13-37-74)57-34-58-89(111)75-38-14-3-15-39-75)116-107(80-48-24-8-25-49-80)94(73-114)103(78-44-20-6-21-45-78)108(116)81-50-26-9-27-51-81/h2-72H. The van der Waals surface area contributed by atoms with Crippen molar-refractivity contribution in [2.75, 3.05) is 9.80 Å². The van der Waals surface area contributed by atoms with Crippen LogP contribution < -0.4 is 26.2 Å². The fraction of sp³-hybridized carbons (Fsp3) is 0. The van der Waals surface area contributed by atoms with Gasteiger partial charge in [-0.25, -0.2) is 4.85 Å². The maximum absolute atomic E-state index is 12.1. The van der Waals surface area contributed by atoms with Crippen molar-refractivity contribution < 1.29 is 4.42 Å². The number of benzene rings is 17. The van der Waals surface area contributed by atoms with Crippen molar-refractivity contribution in [1.82, 2.24) is 9.13 Å². The van der Waals surface area contributed by atoms with E-state index in [9.17, 15) is 11.8 Å². The number of rotatable bonds is 15. The summed E-state index contributed by atoms with van der Waals surface area (Å²) in [5.74, 6) is 0. The van der Waals surface area contributed by atoms with Gasteiger partial charge in [0.1, 0.15) is 17.2 Å². The molecule has 120 heavy (non-hydrogen) atoms. The van der Waals surface area contributed by atoms with Crippen LogP contribution in [0.25, 0.3) is 161 Å². The lowest BCUT2D eigenvalue weighted by Gasteiger charge is -2.46. The minimum Gasteiger partial charge on any atom is -0.456 e. The summed E-state index contributed by atoms with van der Waals surface area (Å²) in [5, 5.41) is 14.2. The predicted molar refractivity (Wildman–Crippen MR) is 497 cm³/mol. The molecule has 0 saturated carbocycles. The van der Waals surface area contributed by atoms with Gasteiger partial charge in [-0.1, -0.05) is 376 Å². The molecular formula is C112H71BN6O. The normalized spacial score (nSPS) is 11.9. The Morgan fingerprint density at radius 3 is 1.04 bits per heavy atom. The Hall–Kier alpha value is -16.3. The fourth-order valence-electron chi connectivity index (χ4n) is 18.9. The molecule has 0 N–H and O–H groups in total. The van der Waals surface area contributed by atoms with Crippen LogP contribution in [0.5, 0.6) is 0 Å². The smallest absolute Gasteiger partial charge is 0.252 e. The Labute approximate surface area is 696 Å². The Morgan fingerprint density at radius 2 is 0.625 bits per heavy atom. The lowest BCUT2D eigenvalue weighted by atomic mass is 9.33. The summed E-state index contributed by atoms with van der Waals surface area (Å²) in [4.78, 5) is 9.86. The third kappa shape index (κ3) is 11.6. The van der Waals surface area contributed by atoms with Crippen molar-refractivity contribution in [2.45, 2.75) is 0 Å². The summed E-state index contributed by atoms with van der Waals surface area (Å²) in [5.41, 5.74) is 34.6. The third-order valence-electron chi connectivity index (χ3n) is 24.0. The number of aromatic nitrogens is 2. The third-order valence-corrected chi connectivity index (χ3v) is 24.0. The molecule has 0 bridgehead atoms. The highest BCUT2D eigenvalue weighted by Gasteiger charge is 2.47. The van der Waals surface area contributed by atoms with Gasteiger partial charge in [0, 0.05) is 84.0 Å². The summed E-state index contributed by atoms with van der Waals surface area (Å²) in [6.45, 7) is 9.02. The first kappa shape index (κ1) is 70.4. The number of nitrogens with zero attached hydrogens (tertiary/aromatic N) is 6. The molecule has 0 saturated heterocycles. The van der Waals surface area contributed by atoms with Gasteiger partial charge < -0.3 is 23.4 Å². The van der Waals surface area contributed by atoms with Gasteiger partial charge in [0.25, 0.3) is 6.71 Å². The van der Waals surface area contributed by atoms with E-state index in [0.29, 0.717) is 11.3 Å². The van der Waals surface area contributed by atoms with Gasteiger partial charge in [-0.15, -0.1) is 0 Å². The van der Waals surface area contributed by atoms with E-state index in [1.807, 2.05) is 24.3 Å². The first-order valence-electron chi connectivity index (χ1n) is 40.7. The summed E-state index contributed by atoms with van der Waals surface area (Å²) in [6, 6.07) is 157. The molecule has 0 radical (unpaired) electrons. The maximum atomic E-state index is 12.1. The average Bonchev–Trinajstić information content (AvgIpc) is 0.928. The number of nitriles is 1. The highest BCUT2D eigenvalue weighted by Crippen LogP contribution is 2.57. The SMILES string of the molecule is [C-]#[N+]c1c(-c2ccccc2)c(-c2ccccc2)n(-c2ccc3c(c2)N(c2c(-c4ccccc4)cccc2-c2ccccc2)c2cc(-c4ccc5oc6ccccc6c5c4)cc4c2B3c2ccc(-n3c(-c5ccccc5)c(C#N)c(-c5ccccc5)c3-c3ccccc3)cc2N4c2c(-c3ccccc3)cccc2-c2ccccc2)c1-c1ccccc1. The number of para-hydroxylation sites is 3. The van der Waals surface area contributed by atoms with E-state index in [-0.39, 0.29) is 0 Å². The topological polar surface area (TPSA) is 57.6 Å². The van der Waals surface area contributed by atoms with Crippen LogP contribution in [0.3, 0.4) is 0 Å². The van der Waals surface area contributed by atoms with E-state index < -0.39 is 6.71 Å². The van der Waals surface area contributed by atoms with E-state index in [2.05, 4.69) is 436 Å². The van der Waals surface area contributed by atoms with Crippen LogP contribution in [0.2, 0.25) is 0 Å². The van der Waals surface area contributed by atoms with E-state index in [1.165, 1.54) is 0 Å². The van der Waals surface area contributed by atoms with Gasteiger partial charge in [-0.05, 0) is 138 Å². The minimum atomic E-state index is -0.468. The average molecular weight is 1530 g/mol. The summed E-state index contributed by atoms with van der Waals surface area (Å²) >= 11 is 0. The minimum absolute atomic E-state index is 0.468. The maximum Gasteiger partial charge on any atom is 0.252 e. The molecule has 0 aliphatic carbocycles. The van der Waals surface area contributed by atoms with E-state index in [4.69, 9.17) is 4.42 Å². The second-order valence-electron chi connectivity index (χ2n) is 30.7. The van der Waals surface area contributed by atoms with Crippen LogP contribution in [0.15, 0.2) is 435 Å². The molecule has 0 fully saturated rings. The van der Waals surface area contributed by atoms with Gasteiger partial charge in [-0.2, -0.15) is 5.26 Å². The highest BCUT2D eigenvalue weighted by molar-refractivity contribution is 7.00. The van der Waals surface area contributed by atoms with Crippen LogP contribution in [-0.2, 0) is 0 Å². The second-order valence-corrected chi connectivity index (χ2v) is 30.7. The van der Waals surface area contributed by atoms with Crippen molar-refractivity contribution in [3.8, 4) is 140 Å². The second kappa shape index (κ2) is 29.5. The molecule has 3 aromatic heterocycles. The quantitative estimate of drug-likeness (QED) is 0.0758. The number of furan rings is 1. The zero-order chi connectivity index (χ0) is 79.7. The number of hydrogen-bond acceptors (Lipinski definition) is 4. The number of hydrogen-bond donors (Lipinski definition) is 0. The molecule has 0 unspecified atom stereocenters. The Kier molecular flexibility index (Phi) is 17.3. The van der Waals surface area contributed by atoms with Crippen molar-refractivity contribution in [3.05, 3.63) is 448 Å². The molecule has 0 spiro atoms. The van der Waals surface area contributed by atoms with E-state index in [1.54, 1.807) is 0 Å². The first-order chi connectivity index (χ1) is 59.5. The molecule has 2 aliphatic rings. The molecule has 2 aliphatic heterocycles. The Bertz CT molecular complexity index is 6940. The van der Waals surface area contributed by atoms with Gasteiger partial charge in [0.05, 0.1) is 40.6 Å². The molecule has 5 heterocycles. The summed E-state index contributed by atoms with van der Waals surface area (Å²) < 4.78 is 11.5. The zero-order valence-corrected chi connectivity index (χ0v) is 65.2. The Balaban J connectivity index is 0.938. The fourth-order valence-corrected chi connectivity index (χ4v) is 18.9. The van der Waals surface area contributed by atoms with Gasteiger partial charge in [-0.3, -0.25) is 0 Å². The Morgan fingerprint density at radius 1 is 0.275 bits per heavy atom. The van der Waals surface area contributed by atoms with Crippen LogP contribution in [0.1, 0.15) is 5.56 Å². The zero-order valence-electron chi connectivity index (χ0n) is 65.2. The van der Waals surface area contributed by atoms with Crippen LogP contribution in [0.4, 0.5) is 39.8 Å².